The van der Waals surface area contributed by atoms with Crippen LogP contribution in [-0.4, -0.2) is 38.2 Å². The Bertz CT molecular complexity index is 1240. The number of primary amides is 1. The van der Waals surface area contributed by atoms with E-state index in [1.807, 2.05) is 16.1 Å². The van der Waals surface area contributed by atoms with Gasteiger partial charge in [-0.05, 0) is 35.4 Å². The number of thiophene rings is 2. The van der Waals surface area contributed by atoms with E-state index in [1.54, 1.807) is 58.6 Å². The van der Waals surface area contributed by atoms with E-state index >= 15 is 0 Å². The monoisotopic (exact) mass is 439 g/mol. The maximum Gasteiger partial charge on any atom is 0.287 e. The molecule has 10 heteroatoms. The lowest BCUT2D eigenvalue weighted by Gasteiger charge is -2.17. The molecule has 0 saturated heterocycles. The molecular formula is C20H17N5O3S2. The number of fused-ring (bicyclic) bond motifs is 1. The highest BCUT2D eigenvalue weighted by Gasteiger charge is 2.28. The van der Waals surface area contributed by atoms with Gasteiger partial charge in [0.1, 0.15) is 23.4 Å². The molecule has 0 radical (unpaired) electrons. The predicted molar refractivity (Wildman–Crippen MR) is 115 cm³/mol. The fraction of sp³-hybridized carbons (Fsp3) is 0.150. The number of rotatable bonds is 7. The number of aromatic nitrogens is 3. The lowest BCUT2D eigenvalue weighted by Crippen LogP contribution is -2.47. The fourth-order valence-electron chi connectivity index (χ4n) is 3.18. The molecule has 4 rings (SSSR count). The van der Waals surface area contributed by atoms with Crippen molar-refractivity contribution >= 4 is 50.4 Å². The Kier molecular flexibility index (Phi) is 5.42. The normalized spacial score (nSPS) is 12.0. The molecular weight excluding hydrogens is 422 g/mol. The van der Waals surface area contributed by atoms with Gasteiger partial charge in [-0.25, -0.2) is 9.97 Å². The SMILES string of the molecule is Cc1ncc(C(=O)NC(Cc2csc3cscc23)C(=O)C(N)=O)n1-c1ccccn1. The second-order valence-electron chi connectivity index (χ2n) is 6.58. The molecule has 30 heavy (non-hydrogen) atoms. The molecule has 4 heterocycles. The zero-order valence-electron chi connectivity index (χ0n) is 15.9. The van der Waals surface area contributed by atoms with Gasteiger partial charge in [-0.3, -0.25) is 19.0 Å². The maximum absolute atomic E-state index is 13.0. The van der Waals surface area contributed by atoms with Crippen LogP contribution in [-0.2, 0) is 16.0 Å². The lowest BCUT2D eigenvalue weighted by atomic mass is 10.0. The average Bonchev–Trinajstić information content (AvgIpc) is 3.44. The van der Waals surface area contributed by atoms with E-state index in [0.717, 1.165) is 15.6 Å². The zero-order chi connectivity index (χ0) is 21.3. The molecule has 0 aliphatic heterocycles. The summed E-state index contributed by atoms with van der Waals surface area (Å²) in [6.45, 7) is 1.75. The van der Waals surface area contributed by atoms with E-state index in [-0.39, 0.29) is 12.1 Å². The van der Waals surface area contributed by atoms with Crippen molar-refractivity contribution in [2.24, 2.45) is 5.73 Å². The topological polar surface area (TPSA) is 120 Å². The highest BCUT2D eigenvalue weighted by Crippen LogP contribution is 2.30. The van der Waals surface area contributed by atoms with Gasteiger partial charge < -0.3 is 11.1 Å². The van der Waals surface area contributed by atoms with E-state index in [0.29, 0.717) is 11.6 Å². The largest absolute Gasteiger partial charge is 0.363 e. The van der Waals surface area contributed by atoms with E-state index in [9.17, 15) is 14.4 Å². The zero-order valence-corrected chi connectivity index (χ0v) is 17.5. The number of nitrogens with one attached hydrogen (secondary N) is 1. The van der Waals surface area contributed by atoms with Crippen molar-refractivity contribution in [3.8, 4) is 5.82 Å². The van der Waals surface area contributed by atoms with E-state index in [2.05, 4.69) is 15.3 Å². The minimum atomic E-state index is -1.09. The Labute approximate surface area is 179 Å². The molecule has 0 fully saturated rings. The van der Waals surface area contributed by atoms with Gasteiger partial charge in [0.2, 0.25) is 5.78 Å². The Morgan fingerprint density at radius 1 is 1.20 bits per heavy atom. The molecule has 3 N–H and O–H groups in total. The number of pyridine rings is 1. The van der Waals surface area contributed by atoms with Crippen LogP contribution in [0.1, 0.15) is 21.9 Å². The van der Waals surface area contributed by atoms with Crippen LogP contribution in [0.4, 0.5) is 0 Å². The molecule has 0 spiro atoms. The third-order valence-electron chi connectivity index (χ3n) is 4.64. The summed E-state index contributed by atoms with van der Waals surface area (Å²) in [5, 5.41) is 9.59. The molecule has 1 atom stereocenters. The second-order valence-corrected chi connectivity index (χ2v) is 8.24. The summed E-state index contributed by atoms with van der Waals surface area (Å²) in [7, 11) is 0. The first-order chi connectivity index (χ1) is 14.5. The van der Waals surface area contributed by atoms with Gasteiger partial charge >= 0.3 is 0 Å². The summed E-state index contributed by atoms with van der Waals surface area (Å²) in [5.74, 6) is -1.40. The maximum atomic E-state index is 13.0. The standard InChI is InChI=1S/C20H17N5O3S2/c1-11-23-7-15(25(11)17-4-2-3-5-22-17)20(28)24-14(18(26)19(21)27)6-12-8-30-16-10-29-9-13(12)16/h2-5,7-10,14H,6H2,1H3,(H2,21,27)(H,24,28). The predicted octanol–water partition coefficient (Wildman–Crippen LogP) is 2.25. The van der Waals surface area contributed by atoms with E-state index in [4.69, 9.17) is 5.73 Å². The van der Waals surface area contributed by atoms with Crippen molar-refractivity contribution in [3.63, 3.8) is 0 Å². The van der Waals surface area contributed by atoms with Crippen molar-refractivity contribution in [3.05, 3.63) is 63.8 Å². The number of Topliss-reactive ketones (excluding diaryl/α,β-unsaturated/α-hetero) is 1. The van der Waals surface area contributed by atoms with Gasteiger partial charge in [0.15, 0.2) is 0 Å². The molecule has 2 amide bonds. The van der Waals surface area contributed by atoms with Crippen LogP contribution in [0.15, 0.2) is 46.7 Å². The van der Waals surface area contributed by atoms with Crippen molar-refractivity contribution in [2.75, 3.05) is 0 Å². The van der Waals surface area contributed by atoms with Crippen molar-refractivity contribution < 1.29 is 14.4 Å². The summed E-state index contributed by atoms with van der Waals surface area (Å²) in [6, 6.07) is 4.23. The average molecular weight is 440 g/mol. The third kappa shape index (κ3) is 3.74. The Hall–Kier alpha value is -3.37. The fourth-order valence-corrected chi connectivity index (χ4v) is 5.19. The minimum Gasteiger partial charge on any atom is -0.363 e. The Morgan fingerprint density at radius 2 is 2.03 bits per heavy atom. The molecule has 0 saturated carbocycles. The quantitative estimate of drug-likeness (QED) is 0.428. The first kappa shape index (κ1) is 19.9. The van der Waals surface area contributed by atoms with Crippen LogP contribution in [0.25, 0.3) is 15.9 Å². The number of ketones is 1. The van der Waals surface area contributed by atoms with Crippen LogP contribution in [0.3, 0.4) is 0 Å². The lowest BCUT2D eigenvalue weighted by molar-refractivity contribution is -0.137. The molecule has 1 unspecified atom stereocenters. The van der Waals surface area contributed by atoms with Crippen LogP contribution in [0.2, 0.25) is 0 Å². The van der Waals surface area contributed by atoms with Crippen molar-refractivity contribution in [1.29, 1.82) is 0 Å². The number of amides is 2. The second kappa shape index (κ2) is 8.17. The van der Waals surface area contributed by atoms with Crippen LogP contribution >= 0.6 is 22.7 Å². The van der Waals surface area contributed by atoms with Crippen LogP contribution < -0.4 is 11.1 Å². The van der Waals surface area contributed by atoms with Gasteiger partial charge in [0, 0.05) is 28.1 Å². The molecule has 0 aromatic carbocycles. The number of nitrogens with two attached hydrogens (primary N) is 1. The van der Waals surface area contributed by atoms with E-state index in [1.165, 1.54) is 6.20 Å². The van der Waals surface area contributed by atoms with Gasteiger partial charge in [-0.1, -0.05) is 6.07 Å². The number of nitrogens with zero attached hydrogens (tertiary/aromatic N) is 3. The highest BCUT2D eigenvalue weighted by atomic mass is 32.1. The third-order valence-corrected chi connectivity index (χ3v) is 6.53. The summed E-state index contributed by atoms with van der Waals surface area (Å²) < 4.78 is 2.68. The number of imidazole rings is 1. The molecule has 0 bridgehead atoms. The molecule has 0 aliphatic carbocycles. The summed E-state index contributed by atoms with van der Waals surface area (Å²) in [6.07, 6.45) is 3.19. The van der Waals surface area contributed by atoms with E-state index < -0.39 is 23.6 Å². The highest BCUT2D eigenvalue weighted by molar-refractivity contribution is 7.21. The van der Waals surface area contributed by atoms with Crippen molar-refractivity contribution in [2.45, 2.75) is 19.4 Å². The first-order valence-electron chi connectivity index (χ1n) is 8.98. The Balaban J connectivity index is 1.64. The molecule has 4 aromatic heterocycles. The molecule has 4 aromatic rings. The molecule has 8 nitrogen and oxygen atoms in total. The van der Waals surface area contributed by atoms with Gasteiger partial charge in [0.25, 0.3) is 11.8 Å². The van der Waals surface area contributed by atoms with Gasteiger partial charge in [-0.15, -0.1) is 11.3 Å². The smallest absolute Gasteiger partial charge is 0.287 e. The first-order valence-corrected chi connectivity index (χ1v) is 10.8. The molecule has 0 aliphatic rings. The number of carbonyl (C=O) groups is 3. The Morgan fingerprint density at radius 3 is 2.77 bits per heavy atom. The summed E-state index contributed by atoms with van der Waals surface area (Å²) >= 11 is 3.11. The van der Waals surface area contributed by atoms with Gasteiger partial charge in [-0.2, -0.15) is 11.3 Å². The summed E-state index contributed by atoms with van der Waals surface area (Å²) in [4.78, 5) is 45.5. The number of aryl methyl sites for hydroxylation is 1. The molecule has 152 valence electrons. The minimum absolute atomic E-state index is 0.168. The summed E-state index contributed by atoms with van der Waals surface area (Å²) in [5.41, 5.74) is 6.32. The number of hydrogen-bond donors (Lipinski definition) is 2. The van der Waals surface area contributed by atoms with Gasteiger partial charge in [0.05, 0.1) is 6.20 Å². The van der Waals surface area contributed by atoms with Crippen LogP contribution in [0.5, 0.6) is 0 Å². The van der Waals surface area contributed by atoms with Crippen molar-refractivity contribution in [1.82, 2.24) is 19.9 Å². The number of hydrogen-bond acceptors (Lipinski definition) is 7. The van der Waals surface area contributed by atoms with Crippen LogP contribution in [0, 0.1) is 6.92 Å². The number of carbonyl (C=O) groups excluding carboxylic acids is 3.